The van der Waals surface area contributed by atoms with Crippen LogP contribution in [0.3, 0.4) is 0 Å². The van der Waals surface area contributed by atoms with E-state index in [2.05, 4.69) is 24.2 Å². The third kappa shape index (κ3) is 1.88. The summed E-state index contributed by atoms with van der Waals surface area (Å²) in [5.41, 5.74) is 2.22. The zero-order chi connectivity index (χ0) is 7.40. The normalized spacial score (nSPS) is 9.30. The van der Waals surface area contributed by atoms with Crippen LogP contribution in [0.1, 0.15) is 13.3 Å². The van der Waals surface area contributed by atoms with Gasteiger partial charge >= 0.3 is 0 Å². The Morgan fingerprint density at radius 2 is 2.60 bits per heavy atom. The lowest BCUT2D eigenvalue weighted by Gasteiger charge is -2.02. The van der Waals surface area contributed by atoms with Gasteiger partial charge < -0.3 is 5.32 Å². The largest absolute Gasteiger partial charge is 0.359 e. The van der Waals surface area contributed by atoms with Gasteiger partial charge in [0.25, 0.3) is 0 Å². The molecular weight excluding hydrogens is 142 g/mol. The average Bonchev–Trinajstić information content (AvgIpc) is 2.40. The van der Waals surface area contributed by atoms with Gasteiger partial charge in [0, 0.05) is 16.8 Å². The summed E-state index contributed by atoms with van der Waals surface area (Å²) in [5, 5.41) is 7.30. The Morgan fingerprint density at radius 3 is 3.10 bits per heavy atom. The van der Waals surface area contributed by atoms with Gasteiger partial charge in [0.2, 0.25) is 0 Å². The van der Waals surface area contributed by atoms with E-state index in [4.69, 9.17) is 0 Å². The van der Waals surface area contributed by atoms with E-state index < -0.39 is 0 Å². The standard InChI is InChI=1S/C8H11NS/c1-3-7(2)9-8-4-5-10-6-8/h4-6,9H,2-3H2,1H3. The molecule has 0 saturated heterocycles. The first kappa shape index (κ1) is 7.35. The molecule has 0 aliphatic heterocycles. The molecule has 1 N–H and O–H groups in total. The van der Waals surface area contributed by atoms with Crippen molar-refractivity contribution in [2.75, 3.05) is 5.32 Å². The molecule has 0 spiro atoms. The molecule has 0 atom stereocenters. The lowest BCUT2D eigenvalue weighted by molar-refractivity contribution is 1.12. The molecule has 0 fully saturated rings. The van der Waals surface area contributed by atoms with E-state index in [0.29, 0.717) is 0 Å². The van der Waals surface area contributed by atoms with Crippen LogP contribution in [0.25, 0.3) is 0 Å². The highest BCUT2D eigenvalue weighted by molar-refractivity contribution is 7.08. The molecule has 0 aromatic carbocycles. The van der Waals surface area contributed by atoms with Gasteiger partial charge in [0.1, 0.15) is 0 Å². The Morgan fingerprint density at radius 1 is 1.80 bits per heavy atom. The first-order valence-electron chi connectivity index (χ1n) is 3.30. The zero-order valence-electron chi connectivity index (χ0n) is 6.05. The number of anilines is 1. The molecule has 0 aliphatic carbocycles. The van der Waals surface area contributed by atoms with Crippen molar-refractivity contribution in [3.63, 3.8) is 0 Å². The molecule has 54 valence electrons. The van der Waals surface area contributed by atoms with E-state index >= 15 is 0 Å². The van der Waals surface area contributed by atoms with Crippen molar-refractivity contribution in [1.82, 2.24) is 0 Å². The fourth-order valence-corrected chi connectivity index (χ4v) is 1.22. The van der Waals surface area contributed by atoms with Crippen LogP contribution in [-0.4, -0.2) is 0 Å². The fourth-order valence-electron chi connectivity index (χ4n) is 0.628. The van der Waals surface area contributed by atoms with Crippen LogP contribution in [0.15, 0.2) is 29.1 Å². The maximum atomic E-state index is 3.84. The van der Waals surface area contributed by atoms with Crippen molar-refractivity contribution in [1.29, 1.82) is 0 Å². The molecule has 0 bridgehead atoms. The van der Waals surface area contributed by atoms with Gasteiger partial charge in [-0.15, -0.1) is 0 Å². The molecule has 1 rings (SSSR count). The summed E-state index contributed by atoms with van der Waals surface area (Å²) in [4.78, 5) is 0. The van der Waals surface area contributed by atoms with Crippen LogP contribution in [0.5, 0.6) is 0 Å². The molecule has 1 nitrogen and oxygen atoms in total. The van der Waals surface area contributed by atoms with Crippen LogP contribution >= 0.6 is 11.3 Å². The lowest BCUT2D eigenvalue weighted by atomic mass is 10.3. The minimum atomic E-state index is 0.982. The summed E-state index contributed by atoms with van der Waals surface area (Å²) in [6, 6.07) is 2.05. The first-order valence-corrected chi connectivity index (χ1v) is 4.24. The highest BCUT2D eigenvalue weighted by Crippen LogP contribution is 2.14. The van der Waals surface area contributed by atoms with Crippen molar-refractivity contribution in [2.45, 2.75) is 13.3 Å². The van der Waals surface area contributed by atoms with Gasteiger partial charge in [-0.05, 0) is 17.9 Å². The van der Waals surface area contributed by atoms with E-state index in [-0.39, 0.29) is 0 Å². The van der Waals surface area contributed by atoms with Gasteiger partial charge in [-0.1, -0.05) is 13.5 Å². The first-order chi connectivity index (χ1) is 4.83. The highest BCUT2D eigenvalue weighted by Gasteiger charge is 1.90. The molecule has 2 heteroatoms. The van der Waals surface area contributed by atoms with Crippen molar-refractivity contribution < 1.29 is 0 Å². The van der Waals surface area contributed by atoms with Crippen molar-refractivity contribution >= 4 is 17.0 Å². The maximum absolute atomic E-state index is 3.84. The van der Waals surface area contributed by atoms with Crippen LogP contribution in [0.2, 0.25) is 0 Å². The van der Waals surface area contributed by atoms with Crippen molar-refractivity contribution in [3.05, 3.63) is 29.1 Å². The van der Waals surface area contributed by atoms with Crippen molar-refractivity contribution in [2.24, 2.45) is 0 Å². The molecular formula is C8H11NS. The van der Waals surface area contributed by atoms with Crippen molar-refractivity contribution in [3.8, 4) is 0 Å². The minimum absolute atomic E-state index is 0.982. The predicted molar refractivity (Wildman–Crippen MR) is 47.4 cm³/mol. The van der Waals surface area contributed by atoms with E-state index in [0.717, 1.165) is 17.8 Å². The highest BCUT2D eigenvalue weighted by atomic mass is 32.1. The molecule has 0 saturated carbocycles. The summed E-state index contributed by atoms with van der Waals surface area (Å²) < 4.78 is 0. The van der Waals surface area contributed by atoms with E-state index in [1.165, 1.54) is 0 Å². The Bertz CT molecular complexity index is 201. The summed E-state index contributed by atoms with van der Waals surface area (Å²) in [6.45, 7) is 5.93. The van der Waals surface area contributed by atoms with E-state index in [9.17, 15) is 0 Å². The van der Waals surface area contributed by atoms with Crippen LogP contribution in [-0.2, 0) is 0 Å². The monoisotopic (exact) mass is 153 g/mol. The quantitative estimate of drug-likeness (QED) is 0.703. The van der Waals surface area contributed by atoms with Crippen LogP contribution < -0.4 is 5.32 Å². The number of hydrogen-bond donors (Lipinski definition) is 1. The topological polar surface area (TPSA) is 12.0 Å². The third-order valence-electron chi connectivity index (χ3n) is 1.27. The molecule has 10 heavy (non-hydrogen) atoms. The third-order valence-corrected chi connectivity index (χ3v) is 1.95. The molecule has 1 aromatic heterocycles. The molecule has 0 amide bonds. The Kier molecular flexibility index (Phi) is 2.51. The van der Waals surface area contributed by atoms with Gasteiger partial charge in [-0.25, -0.2) is 0 Å². The minimum Gasteiger partial charge on any atom is -0.359 e. The maximum Gasteiger partial charge on any atom is 0.0490 e. The Hall–Kier alpha value is -0.760. The summed E-state index contributed by atoms with van der Waals surface area (Å²) in [7, 11) is 0. The number of rotatable bonds is 3. The molecule has 0 unspecified atom stereocenters. The van der Waals surface area contributed by atoms with Gasteiger partial charge in [0.05, 0.1) is 0 Å². The number of thiophene rings is 1. The summed E-state index contributed by atoms with van der Waals surface area (Å²) >= 11 is 1.69. The van der Waals surface area contributed by atoms with Gasteiger partial charge in [0.15, 0.2) is 0 Å². The number of nitrogens with one attached hydrogen (secondary N) is 1. The molecule has 1 heterocycles. The lowest BCUT2D eigenvalue weighted by Crippen LogP contribution is -1.93. The average molecular weight is 153 g/mol. The predicted octanol–water partition coefficient (Wildman–Crippen LogP) is 3.08. The number of hydrogen-bond acceptors (Lipinski definition) is 2. The van der Waals surface area contributed by atoms with Gasteiger partial charge in [-0.2, -0.15) is 11.3 Å². The second-order valence-electron chi connectivity index (χ2n) is 2.09. The second kappa shape index (κ2) is 3.42. The molecule has 0 radical (unpaired) electrons. The summed E-state index contributed by atoms with van der Waals surface area (Å²) in [5.74, 6) is 0. The summed E-state index contributed by atoms with van der Waals surface area (Å²) in [6.07, 6.45) is 0.982. The van der Waals surface area contributed by atoms with E-state index in [1.807, 2.05) is 11.4 Å². The Labute approximate surface area is 65.4 Å². The fraction of sp³-hybridized carbons (Fsp3) is 0.250. The Balaban J connectivity index is 2.48. The smallest absolute Gasteiger partial charge is 0.0490 e. The molecule has 1 aromatic rings. The van der Waals surface area contributed by atoms with E-state index in [1.54, 1.807) is 11.3 Å². The van der Waals surface area contributed by atoms with Crippen LogP contribution in [0, 0.1) is 0 Å². The SMILES string of the molecule is C=C(CC)Nc1ccsc1. The molecule has 0 aliphatic rings. The zero-order valence-corrected chi connectivity index (χ0v) is 6.87. The van der Waals surface area contributed by atoms with Crippen LogP contribution in [0.4, 0.5) is 5.69 Å². The number of allylic oxidation sites excluding steroid dienone is 1. The second-order valence-corrected chi connectivity index (χ2v) is 2.87. The van der Waals surface area contributed by atoms with Gasteiger partial charge in [-0.3, -0.25) is 0 Å².